The number of halogens is 9. The number of rotatable bonds is 4. The number of benzene rings is 2. The van der Waals surface area contributed by atoms with Crippen molar-refractivity contribution in [3.63, 3.8) is 0 Å². The van der Waals surface area contributed by atoms with Gasteiger partial charge >= 0.3 is 16.4 Å². The number of carbonyl (C=O) groups excluding carboxylic acids is 1. The van der Waals surface area contributed by atoms with E-state index in [1.54, 1.807) is 0 Å². The van der Waals surface area contributed by atoms with Crippen molar-refractivity contribution in [2.75, 3.05) is 31.1 Å². The number of hydrogen-bond acceptors (Lipinski definition) is 2. The lowest BCUT2D eigenvalue weighted by molar-refractivity contribution is -0.137. The Hall–Kier alpha value is -2.21. The first kappa shape index (κ1) is 24.9. The van der Waals surface area contributed by atoms with E-state index in [0.29, 0.717) is 24.1 Å². The molecule has 2 atom stereocenters. The molecule has 0 aromatic heterocycles. The summed E-state index contributed by atoms with van der Waals surface area (Å²) in [5, 5.41) is 0.151. The number of amides is 1. The first-order valence-electron chi connectivity index (χ1n) is 10.2. The third kappa shape index (κ3) is 5.22. The van der Waals surface area contributed by atoms with Crippen molar-refractivity contribution in [1.82, 2.24) is 4.90 Å². The van der Waals surface area contributed by atoms with Gasteiger partial charge in [-0.1, -0.05) is 43.2 Å². The van der Waals surface area contributed by atoms with Gasteiger partial charge in [-0.15, -0.1) is 0 Å². The van der Waals surface area contributed by atoms with Crippen LogP contribution in [0.3, 0.4) is 0 Å². The highest BCUT2D eigenvalue weighted by atomic mass is 35.5. The van der Waals surface area contributed by atoms with Gasteiger partial charge in [-0.3, -0.25) is 4.79 Å². The van der Waals surface area contributed by atoms with Crippen molar-refractivity contribution >= 4 is 33.4 Å². The molecule has 2 fully saturated rings. The normalized spacial score (nSPS) is 23.3. The second-order valence-electron chi connectivity index (χ2n) is 8.46. The average Bonchev–Trinajstić information content (AvgIpc) is 3.52. The number of hydrogen-bond donors (Lipinski definition) is 0. The molecule has 4 rings (SSSR count). The Balaban J connectivity index is 1.39. The van der Waals surface area contributed by atoms with Gasteiger partial charge in [-0.2, -0.15) is 13.2 Å². The van der Waals surface area contributed by atoms with Gasteiger partial charge in [0.25, 0.3) is 0 Å². The zero-order chi connectivity index (χ0) is 25.2. The van der Waals surface area contributed by atoms with Gasteiger partial charge in [0, 0.05) is 37.1 Å². The van der Waals surface area contributed by atoms with Gasteiger partial charge in [0.15, 0.2) is 0 Å². The quantitative estimate of drug-likeness (QED) is 0.380. The van der Waals surface area contributed by atoms with Crippen LogP contribution in [0.25, 0.3) is 0 Å². The van der Waals surface area contributed by atoms with Crippen molar-refractivity contribution in [3.05, 3.63) is 58.6 Å². The fourth-order valence-electron chi connectivity index (χ4n) is 4.22. The van der Waals surface area contributed by atoms with Gasteiger partial charge in [-0.25, -0.2) is 0 Å². The van der Waals surface area contributed by atoms with Crippen LogP contribution >= 0.6 is 21.8 Å². The van der Waals surface area contributed by atoms with Crippen molar-refractivity contribution < 1.29 is 37.4 Å². The summed E-state index contributed by atoms with van der Waals surface area (Å²) in [6.45, 7) is 0.611. The zero-order valence-electron chi connectivity index (χ0n) is 17.3. The first-order chi connectivity index (χ1) is 15.4. The Morgan fingerprint density at radius 1 is 0.912 bits per heavy atom. The highest BCUT2D eigenvalue weighted by Gasteiger charge is 2.65. The van der Waals surface area contributed by atoms with Gasteiger partial charge < -0.3 is 9.80 Å². The highest BCUT2D eigenvalue weighted by molar-refractivity contribution is 8.45. The molecule has 13 heteroatoms. The first-order valence-corrected chi connectivity index (χ1v) is 12.5. The van der Waals surface area contributed by atoms with Crippen LogP contribution < -0.4 is 4.90 Å². The Labute approximate surface area is 195 Å². The van der Waals surface area contributed by atoms with E-state index in [1.165, 1.54) is 15.9 Å². The highest BCUT2D eigenvalue weighted by Crippen LogP contribution is 3.02. The monoisotopic (exact) mass is 534 g/mol. The van der Waals surface area contributed by atoms with Gasteiger partial charge in [0.2, 0.25) is 5.91 Å². The number of alkyl halides is 3. The maximum atomic E-state index is 13.4. The van der Waals surface area contributed by atoms with Crippen LogP contribution in [0, 0.1) is 5.92 Å². The summed E-state index contributed by atoms with van der Waals surface area (Å²) >= 11 is 5.88. The van der Waals surface area contributed by atoms with Crippen molar-refractivity contribution in [2.24, 2.45) is 5.92 Å². The maximum Gasteiger partial charge on any atom is 0.418 e. The van der Waals surface area contributed by atoms with E-state index in [-0.39, 0.29) is 48.7 Å². The molecule has 2 aliphatic rings. The molecule has 1 amide bonds. The Kier molecular flexibility index (Phi) is 5.42. The van der Waals surface area contributed by atoms with Crippen molar-refractivity contribution in [2.45, 2.75) is 23.4 Å². The molecule has 0 radical (unpaired) electrons. The smallest absolute Gasteiger partial charge is 0.367 e. The molecule has 1 heterocycles. The molecule has 1 saturated heterocycles. The maximum absolute atomic E-state index is 13.4. The van der Waals surface area contributed by atoms with E-state index >= 15 is 0 Å². The minimum atomic E-state index is -9.76. The molecule has 2 aromatic rings. The van der Waals surface area contributed by atoms with Crippen LogP contribution in [0.5, 0.6) is 0 Å². The topological polar surface area (TPSA) is 23.6 Å². The molecular weight excluding hydrogens is 516 g/mol. The second kappa shape index (κ2) is 7.39. The van der Waals surface area contributed by atoms with Crippen LogP contribution in [-0.2, 0) is 11.0 Å². The molecular formula is C21H19ClF8N2OS. The predicted molar refractivity (Wildman–Crippen MR) is 114 cm³/mol. The molecule has 0 unspecified atom stereocenters. The summed E-state index contributed by atoms with van der Waals surface area (Å²) in [7, 11) is -9.76. The Morgan fingerprint density at radius 3 is 2.03 bits per heavy atom. The summed E-state index contributed by atoms with van der Waals surface area (Å²) in [6.07, 6.45) is -4.21. The third-order valence-corrected chi connectivity index (χ3v) is 7.46. The van der Waals surface area contributed by atoms with Crippen LogP contribution in [0.1, 0.15) is 23.5 Å². The van der Waals surface area contributed by atoms with Crippen molar-refractivity contribution in [1.29, 1.82) is 0 Å². The largest absolute Gasteiger partial charge is 0.418 e. The van der Waals surface area contributed by atoms with Crippen LogP contribution in [0.15, 0.2) is 47.4 Å². The molecule has 2 aromatic carbocycles. The van der Waals surface area contributed by atoms with Gasteiger partial charge in [-0.05, 0) is 48.2 Å². The molecule has 0 N–H and O–H groups in total. The van der Waals surface area contributed by atoms with E-state index < -0.39 is 32.8 Å². The zero-order valence-corrected chi connectivity index (χ0v) is 18.9. The second-order valence-corrected chi connectivity index (χ2v) is 11.3. The summed E-state index contributed by atoms with van der Waals surface area (Å²) in [5.41, 5.74) is -0.536. The van der Waals surface area contributed by atoms with Crippen LogP contribution in [0.4, 0.5) is 38.3 Å². The molecule has 1 aliphatic carbocycles. The van der Waals surface area contributed by atoms with Gasteiger partial charge in [0.1, 0.15) is 4.90 Å². The number of carbonyl (C=O) groups is 1. The summed E-state index contributed by atoms with van der Waals surface area (Å²) in [6, 6.07) is 5.88. The minimum Gasteiger partial charge on any atom is -0.367 e. The Morgan fingerprint density at radius 2 is 1.50 bits per heavy atom. The number of anilines is 1. The lowest BCUT2D eigenvalue weighted by Gasteiger charge is -2.40. The fourth-order valence-corrected chi connectivity index (χ4v) is 5.03. The predicted octanol–water partition coefficient (Wildman–Crippen LogP) is 7.47. The summed E-state index contributed by atoms with van der Waals surface area (Å²) in [5.74, 6) is -1.15. The number of nitrogens with zero attached hydrogens (tertiary/aromatic N) is 2. The molecule has 34 heavy (non-hydrogen) atoms. The van der Waals surface area contributed by atoms with E-state index in [2.05, 4.69) is 0 Å². The molecule has 1 saturated carbocycles. The molecule has 0 spiro atoms. The van der Waals surface area contributed by atoms with Crippen molar-refractivity contribution in [3.8, 4) is 0 Å². The van der Waals surface area contributed by atoms with Crippen LogP contribution in [-0.4, -0.2) is 37.0 Å². The van der Waals surface area contributed by atoms with Gasteiger partial charge in [0.05, 0.1) is 11.3 Å². The average molecular weight is 535 g/mol. The standard InChI is InChI=1S/C21H19ClF8N2OS/c22-14-3-6-18(21(23,24)25)19(11-14)31-7-9-32(10-8-31)20(33)17-12-16(17)13-1-4-15(5-2-13)34(26,27,28,29)30/h1-6,11,16-17H,7-10,12H2/t16-,17-/m1/s1. The van der Waals surface area contributed by atoms with E-state index in [1.807, 2.05) is 0 Å². The minimum absolute atomic E-state index is 0.0690. The molecule has 3 nitrogen and oxygen atoms in total. The molecule has 0 bridgehead atoms. The lowest BCUT2D eigenvalue weighted by Crippen LogP contribution is -2.49. The summed E-state index contributed by atoms with van der Waals surface area (Å²) in [4.78, 5) is 13.8. The van der Waals surface area contributed by atoms with E-state index in [9.17, 15) is 37.4 Å². The third-order valence-electron chi connectivity index (χ3n) is 6.06. The van der Waals surface area contributed by atoms with Crippen LogP contribution in [0.2, 0.25) is 5.02 Å². The van der Waals surface area contributed by atoms with E-state index in [4.69, 9.17) is 11.6 Å². The summed E-state index contributed by atoms with van der Waals surface area (Å²) < 4.78 is 104. The SMILES string of the molecule is O=C([C@@H]1C[C@@H]1c1ccc(S(F)(F)(F)(F)F)cc1)N1CCN(c2cc(Cl)ccc2C(F)(F)F)CC1. The Bertz CT molecular complexity index is 1110. The molecule has 1 aliphatic heterocycles. The fraction of sp³-hybridized carbons (Fsp3) is 0.381. The number of piperazine rings is 1. The van der Waals surface area contributed by atoms with E-state index in [0.717, 1.165) is 24.3 Å². The lowest BCUT2D eigenvalue weighted by atomic mass is 10.1. The molecule has 188 valence electrons.